The molecule has 4 heteroatoms. The Bertz CT molecular complexity index is 412. The van der Waals surface area contributed by atoms with E-state index in [1.165, 1.54) is 12.3 Å². The van der Waals surface area contributed by atoms with Gasteiger partial charge in [-0.3, -0.25) is 0 Å². The molecule has 0 amide bonds. The van der Waals surface area contributed by atoms with Crippen LogP contribution < -0.4 is 0 Å². The second kappa shape index (κ2) is 3.11. The average molecular weight is 196 g/mol. The Morgan fingerprint density at radius 1 is 1.38 bits per heavy atom. The van der Waals surface area contributed by atoms with Crippen molar-refractivity contribution in [3.8, 4) is 17.2 Å². The van der Waals surface area contributed by atoms with Crippen LogP contribution >= 0.6 is 11.6 Å². The molecule has 0 spiro atoms. The summed E-state index contributed by atoms with van der Waals surface area (Å²) in [7, 11) is 0. The molecule has 0 bridgehead atoms. The molecule has 66 valence electrons. The van der Waals surface area contributed by atoms with Gasteiger partial charge in [-0.1, -0.05) is 11.6 Å². The first-order valence-electron chi connectivity index (χ1n) is 3.66. The van der Waals surface area contributed by atoms with Crippen molar-refractivity contribution in [3.05, 3.63) is 35.7 Å². The van der Waals surface area contributed by atoms with Crippen LogP contribution in [-0.2, 0) is 0 Å². The number of phenols is 1. The molecule has 1 aromatic heterocycles. The van der Waals surface area contributed by atoms with Crippen LogP contribution in [0.2, 0.25) is 5.02 Å². The number of rotatable bonds is 1. The van der Waals surface area contributed by atoms with Crippen molar-refractivity contribution in [3.63, 3.8) is 0 Å². The van der Waals surface area contributed by atoms with Gasteiger partial charge in [-0.15, -0.1) is 0 Å². The maximum absolute atomic E-state index is 9.16. The molecule has 1 aromatic carbocycles. The van der Waals surface area contributed by atoms with Crippen molar-refractivity contribution in [2.24, 2.45) is 0 Å². The van der Waals surface area contributed by atoms with Crippen LogP contribution in [0.5, 0.6) is 5.75 Å². The third kappa shape index (κ3) is 1.51. The Kier molecular flexibility index (Phi) is 1.94. The van der Waals surface area contributed by atoms with Crippen molar-refractivity contribution in [1.29, 1.82) is 0 Å². The summed E-state index contributed by atoms with van der Waals surface area (Å²) in [5.74, 6) is 0.541. The van der Waals surface area contributed by atoms with Gasteiger partial charge in [0.2, 0.25) is 5.89 Å². The molecule has 0 saturated carbocycles. The molecule has 0 radical (unpaired) electrons. The van der Waals surface area contributed by atoms with E-state index in [1.807, 2.05) is 0 Å². The highest BCUT2D eigenvalue weighted by Crippen LogP contribution is 2.28. The molecule has 2 aromatic rings. The number of aromatic nitrogens is 1. The molecule has 1 heterocycles. The maximum atomic E-state index is 9.16. The van der Waals surface area contributed by atoms with E-state index < -0.39 is 0 Å². The first-order valence-corrected chi connectivity index (χ1v) is 4.03. The normalized spacial score (nSPS) is 10.2. The van der Waals surface area contributed by atoms with Gasteiger partial charge in [-0.25, -0.2) is 4.98 Å². The van der Waals surface area contributed by atoms with Gasteiger partial charge in [-0.05, 0) is 18.2 Å². The zero-order valence-electron chi connectivity index (χ0n) is 6.57. The summed E-state index contributed by atoms with van der Waals surface area (Å²) in [6.45, 7) is 0. The van der Waals surface area contributed by atoms with Crippen molar-refractivity contribution in [2.45, 2.75) is 0 Å². The SMILES string of the molecule is Oc1ccc(-c2ncco2)cc1Cl. The Morgan fingerprint density at radius 2 is 2.23 bits per heavy atom. The molecule has 1 N–H and O–H groups in total. The van der Waals surface area contributed by atoms with Gasteiger partial charge >= 0.3 is 0 Å². The van der Waals surface area contributed by atoms with Crippen molar-refractivity contribution < 1.29 is 9.52 Å². The van der Waals surface area contributed by atoms with Crippen LogP contribution in [0.15, 0.2) is 35.1 Å². The lowest BCUT2D eigenvalue weighted by Gasteiger charge is -1.98. The number of oxazole rings is 1. The Labute approximate surface area is 79.6 Å². The van der Waals surface area contributed by atoms with Crippen LogP contribution in [0.4, 0.5) is 0 Å². The lowest BCUT2D eigenvalue weighted by atomic mass is 10.2. The van der Waals surface area contributed by atoms with E-state index in [4.69, 9.17) is 21.1 Å². The third-order valence-electron chi connectivity index (χ3n) is 1.63. The lowest BCUT2D eigenvalue weighted by Crippen LogP contribution is -1.76. The fourth-order valence-electron chi connectivity index (χ4n) is 1.01. The van der Waals surface area contributed by atoms with Crippen LogP contribution in [-0.4, -0.2) is 10.1 Å². The number of benzene rings is 1. The average Bonchev–Trinajstić information content (AvgIpc) is 2.62. The summed E-state index contributed by atoms with van der Waals surface area (Å²) >= 11 is 5.71. The summed E-state index contributed by atoms with van der Waals surface area (Å²) in [4.78, 5) is 3.95. The van der Waals surface area contributed by atoms with Crippen molar-refractivity contribution in [1.82, 2.24) is 4.98 Å². The minimum atomic E-state index is 0.0528. The topological polar surface area (TPSA) is 46.3 Å². The summed E-state index contributed by atoms with van der Waals surface area (Å²) in [6.07, 6.45) is 3.03. The number of nitrogens with zero attached hydrogens (tertiary/aromatic N) is 1. The van der Waals surface area contributed by atoms with Crippen LogP contribution in [0.25, 0.3) is 11.5 Å². The van der Waals surface area contributed by atoms with Gasteiger partial charge in [0, 0.05) is 5.56 Å². The van der Waals surface area contributed by atoms with E-state index in [2.05, 4.69) is 4.98 Å². The highest BCUT2D eigenvalue weighted by atomic mass is 35.5. The summed E-state index contributed by atoms with van der Waals surface area (Å²) in [6, 6.07) is 4.79. The second-order valence-corrected chi connectivity index (χ2v) is 2.91. The smallest absolute Gasteiger partial charge is 0.225 e. The van der Waals surface area contributed by atoms with Gasteiger partial charge in [-0.2, -0.15) is 0 Å². The summed E-state index contributed by atoms with van der Waals surface area (Å²) < 4.78 is 5.06. The Balaban J connectivity index is 2.49. The fraction of sp³-hybridized carbons (Fsp3) is 0. The molecule has 0 aliphatic rings. The molecule has 0 unspecified atom stereocenters. The van der Waals surface area contributed by atoms with E-state index in [9.17, 15) is 0 Å². The largest absolute Gasteiger partial charge is 0.506 e. The first kappa shape index (κ1) is 8.13. The first-order chi connectivity index (χ1) is 6.27. The predicted molar refractivity (Wildman–Crippen MR) is 48.6 cm³/mol. The van der Waals surface area contributed by atoms with Gasteiger partial charge in [0.1, 0.15) is 12.0 Å². The van der Waals surface area contributed by atoms with E-state index in [1.54, 1.807) is 18.3 Å². The highest BCUT2D eigenvalue weighted by molar-refractivity contribution is 6.32. The second-order valence-electron chi connectivity index (χ2n) is 2.50. The van der Waals surface area contributed by atoms with Gasteiger partial charge < -0.3 is 9.52 Å². The monoisotopic (exact) mass is 195 g/mol. The number of hydrogen-bond acceptors (Lipinski definition) is 3. The Hall–Kier alpha value is -1.48. The van der Waals surface area contributed by atoms with Crippen molar-refractivity contribution >= 4 is 11.6 Å². The number of hydrogen-bond donors (Lipinski definition) is 1. The maximum Gasteiger partial charge on any atom is 0.225 e. The minimum absolute atomic E-state index is 0.0528. The van der Waals surface area contributed by atoms with Gasteiger partial charge in [0.05, 0.1) is 11.2 Å². The van der Waals surface area contributed by atoms with E-state index in [-0.39, 0.29) is 10.8 Å². The summed E-state index contributed by atoms with van der Waals surface area (Å²) in [5.41, 5.74) is 0.743. The van der Waals surface area contributed by atoms with Gasteiger partial charge in [0.25, 0.3) is 0 Å². The zero-order chi connectivity index (χ0) is 9.26. The van der Waals surface area contributed by atoms with E-state index in [0.29, 0.717) is 5.89 Å². The molecule has 0 atom stereocenters. The van der Waals surface area contributed by atoms with E-state index in [0.717, 1.165) is 5.56 Å². The van der Waals surface area contributed by atoms with Crippen molar-refractivity contribution in [2.75, 3.05) is 0 Å². The quantitative estimate of drug-likeness (QED) is 0.761. The Morgan fingerprint density at radius 3 is 2.85 bits per heavy atom. The molecule has 0 aliphatic carbocycles. The zero-order valence-corrected chi connectivity index (χ0v) is 7.32. The van der Waals surface area contributed by atoms with Crippen LogP contribution in [0, 0.1) is 0 Å². The summed E-state index contributed by atoms with van der Waals surface area (Å²) in [5, 5.41) is 9.45. The minimum Gasteiger partial charge on any atom is -0.506 e. The molecular weight excluding hydrogens is 190 g/mol. The number of aromatic hydroxyl groups is 1. The molecular formula is C9H6ClNO2. The molecule has 0 fully saturated rings. The molecule has 3 nitrogen and oxygen atoms in total. The predicted octanol–water partition coefficient (Wildman–Crippen LogP) is 2.70. The fourth-order valence-corrected chi connectivity index (χ4v) is 1.19. The molecule has 0 saturated heterocycles. The standard InChI is InChI=1S/C9H6ClNO2/c10-7-5-6(1-2-8(7)12)9-11-3-4-13-9/h1-5,12H. The number of halogens is 1. The highest BCUT2D eigenvalue weighted by Gasteiger charge is 2.04. The van der Waals surface area contributed by atoms with Crippen LogP contribution in [0.3, 0.4) is 0 Å². The number of phenolic OH excluding ortho intramolecular Hbond substituents is 1. The van der Waals surface area contributed by atoms with Crippen LogP contribution in [0.1, 0.15) is 0 Å². The molecule has 13 heavy (non-hydrogen) atoms. The molecule has 2 rings (SSSR count). The third-order valence-corrected chi connectivity index (χ3v) is 1.93. The van der Waals surface area contributed by atoms with E-state index >= 15 is 0 Å². The molecule has 0 aliphatic heterocycles. The lowest BCUT2D eigenvalue weighted by molar-refractivity contribution is 0.475. The van der Waals surface area contributed by atoms with Gasteiger partial charge in [0.15, 0.2) is 0 Å².